The lowest BCUT2D eigenvalue weighted by atomic mass is 9.77. The molecule has 3 rings (SSSR count). The standard InChI is InChI=1S/C20H27FN4O3/c1-20(8-2-3-9-20)17(12-4-6-15(22)14(21)10-12)25-18(27)13-5-7-16(26)24-19(28)23-11-13/h4,6,10,13,17H,2-3,5,7-9,11,22H2,1H3,(H,25,27)(H2,23,24,26,28)/t13-,17-/m1/s1. The lowest BCUT2D eigenvalue weighted by Crippen LogP contribution is -2.48. The Kier molecular flexibility index (Phi) is 5.86. The number of imide groups is 1. The summed E-state index contributed by atoms with van der Waals surface area (Å²) in [5.74, 6) is -1.69. The molecule has 1 aromatic carbocycles. The zero-order chi connectivity index (χ0) is 20.3. The quantitative estimate of drug-likeness (QED) is 0.591. The first kappa shape index (κ1) is 20.1. The van der Waals surface area contributed by atoms with Crippen LogP contribution in [0.3, 0.4) is 0 Å². The Morgan fingerprint density at radius 1 is 1.32 bits per heavy atom. The summed E-state index contributed by atoms with van der Waals surface area (Å²) in [6.45, 7) is 2.25. The van der Waals surface area contributed by atoms with Gasteiger partial charge in [-0.05, 0) is 42.4 Å². The number of amides is 4. The molecule has 0 unspecified atom stereocenters. The number of carbonyl (C=O) groups is 3. The van der Waals surface area contributed by atoms with E-state index in [2.05, 4.69) is 22.9 Å². The number of carbonyl (C=O) groups excluding carboxylic acids is 3. The van der Waals surface area contributed by atoms with E-state index in [0.717, 1.165) is 25.7 Å². The third-order valence-electron chi connectivity index (χ3n) is 5.94. The first-order chi connectivity index (χ1) is 13.3. The van der Waals surface area contributed by atoms with Crippen molar-refractivity contribution >= 4 is 23.5 Å². The van der Waals surface area contributed by atoms with Crippen molar-refractivity contribution in [2.75, 3.05) is 12.3 Å². The largest absolute Gasteiger partial charge is 0.396 e. The van der Waals surface area contributed by atoms with E-state index in [-0.39, 0.29) is 36.0 Å². The maximum Gasteiger partial charge on any atom is 0.321 e. The van der Waals surface area contributed by atoms with E-state index in [9.17, 15) is 18.8 Å². The summed E-state index contributed by atoms with van der Waals surface area (Å²) >= 11 is 0. The maximum atomic E-state index is 14.1. The summed E-state index contributed by atoms with van der Waals surface area (Å²) < 4.78 is 14.1. The fourth-order valence-corrected chi connectivity index (χ4v) is 4.19. The highest BCUT2D eigenvalue weighted by atomic mass is 19.1. The maximum absolute atomic E-state index is 14.1. The van der Waals surface area contributed by atoms with Gasteiger partial charge in [0, 0.05) is 13.0 Å². The minimum Gasteiger partial charge on any atom is -0.396 e. The number of benzene rings is 1. The van der Waals surface area contributed by atoms with Gasteiger partial charge in [-0.2, -0.15) is 0 Å². The molecule has 0 aromatic heterocycles. The fourth-order valence-electron chi connectivity index (χ4n) is 4.19. The molecule has 0 bridgehead atoms. The SMILES string of the molecule is CC1([C@H](NC(=O)[C@@H]2CCC(=O)NC(=O)NC2)c2ccc(N)c(F)c2)CCCC1. The van der Waals surface area contributed by atoms with Crippen LogP contribution in [0.2, 0.25) is 0 Å². The lowest BCUT2D eigenvalue weighted by molar-refractivity contribution is -0.127. The number of hydrogen-bond acceptors (Lipinski definition) is 4. The van der Waals surface area contributed by atoms with Crippen LogP contribution in [0.25, 0.3) is 0 Å². The monoisotopic (exact) mass is 390 g/mol. The van der Waals surface area contributed by atoms with Gasteiger partial charge < -0.3 is 16.4 Å². The fraction of sp³-hybridized carbons (Fsp3) is 0.550. The van der Waals surface area contributed by atoms with Crippen LogP contribution in [0.5, 0.6) is 0 Å². The number of nitrogen functional groups attached to an aromatic ring is 1. The van der Waals surface area contributed by atoms with Gasteiger partial charge >= 0.3 is 6.03 Å². The van der Waals surface area contributed by atoms with Crippen molar-refractivity contribution in [1.29, 1.82) is 0 Å². The van der Waals surface area contributed by atoms with Crippen LogP contribution in [0, 0.1) is 17.2 Å². The van der Waals surface area contributed by atoms with E-state index >= 15 is 0 Å². The zero-order valence-electron chi connectivity index (χ0n) is 16.0. The molecule has 4 amide bonds. The van der Waals surface area contributed by atoms with Gasteiger partial charge in [-0.25, -0.2) is 9.18 Å². The van der Waals surface area contributed by atoms with Crippen LogP contribution in [0.1, 0.15) is 57.1 Å². The van der Waals surface area contributed by atoms with Crippen molar-refractivity contribution in [3.8, 4) is 0 Å². The molecule has 152 valence electrons. The minimum atomic E-state index is -0.595. The molecule has 0 radical (unpaired) electrons. The molecule has 5 N–H and O–H groups in total. The lowest BCUT2D eigenvalue weighted by Gasteiger charge is -2.36. The molecule has 1 heterocycles. The normalized spacial score (nSPS) is 23.1. The van der Waals surface area contributed by atoms with Gasteiger partial charge in [0.05, 0.1) is 17.6 Å². The van der Waals surface area contributed by atoms with Crippen molar-refractivity contribution in [2.45, 2.75) is 51.5 Å². The number of hydrogen-bond donors (Lipinski definition) is 4. The van der Waals surface area contributed by atoms with Crippen LogP contribution in [-0.2, 0) is 9.59 Å². The summed E-state index contributed by atoms with van der Waals surface area (Å²) in [5, 5.41) is 7.82. The second-order valence-electron chi connectivity index (χ2n) is 8.08. The number of rotatable bonds is 4. The van der Waals surface area contributed by atoms with Gasteiger partial charge in [-0.1, -0.05) is 25.8 Å². The summed E-state index contributed by atoms with van der Waals surface area (Å²) in [4.78, 5) is 36.2. The van der Waals surface area contributed by atoms with Gasteiger partial charge in [-0.15, -0.1) is 0 Å². The van der Waals surface area contributed by atoms with Gasteiger partial charge in [0.15, 0.2) is 0 Å². The molecular weight excluding hydrogens is 363 g/mol. The Hall–Kier alpha value is -2.64. The molecule has 2 aliphatic rings. The highest BCUT2D eigenvalue weighted by Gasteiger charge is 2.40. The topological polar surface area (TPSA) is 113 Å². The zero-order valence-corrected chi connectivity index (χ0v) is 16.0. The number of urea groups is 1. The second-order valence-corrected chi connectivity index (χ2v) is 8.08. The van der Waals surface area contributed by atoms with Crippen LogP contribution < -0.4 is 21.7 Å². The Morgan fingerprint density at radius 2 is 2.04 bits per heavy atom. The Labute approximate surface area is 163 Å². The molecule has 7 nitrogen and oxygen atoms in total. The molecule has 8 heteroatoms. The molecule has 1 aromatic rings. The van der Waals surface area contributed by atoms with Crippen LogP contribution in [0.15, 0.2) is 18.2 Å². The number of nitrogens with two attached hydrogens (primary N) is 1. The summed E-state index contributed by atoms with van der Waals surface area (Å²) in [6, 6.07) is 3.69. The molecular formula is C20H27FN4O3. The van der Waals surface area contributed by atoms with E-state index in [1.165, 1.54) is 12.1 Å². The van der Waals surface area contributed by atoms with E-state index < -0.39 is 23.7 Å². The van der Waals surface area contributed by atoms with E-state index in [0.29, 0.717) is 12.0 Å². The predicted molar refractivity (Wildman–Crippen MR) is 103 cm³/mol. The predicted octanol–water partition coefficient (Wildman–Crippen LogP) is 2.38. The summed E-state index contributed by atoms with van der Waals surface area (Å²) in [6.07, 6.45) is 4.39. The number of halogens is 1. The molecule has 2 fully saturated rings. The summed E-state index contributed by atoms with van der Waals surface area (Å²) in [7, 11) is 0. The first-order valence-corrected chi connectivity index (χ1v) is 9.71. The van der Waals surface area contributed by atoms with E-state index in [1.807, 2.05) is 0 Å². The first-order valence-electron chi connectivity index (χ1n) is 9.71. The molecule has 1 aliphatic carbocycles. The Bertz CT molecular complexity index is 759. The highest BCUT2D eigenvalue weighted by molar-refractivity contribution is 5.95. The minimum absolute atomic E-state index is 0.0687. The highest BCUT2D eigenvalue weighted by Crippen LogP contribution is 2.47. The molecule has 1 saturated carbocycles. The number of nitrogens with one attached hydrogen (secondary N) is 3. The average molecular weight is 390 g/mol. The van der Waals surface area contributed by atoms with Crippen molar-refractivity contribution in [1.82, 2.24) is 16.0 Å². The Morgan fingerprint density at radius 3 is 2.71 bits per heavy atom. The van der Waals surface area contributed by atoms with Crippen LogP contribution >= 0.6 is 0 Å². The van der Waals surface area contributed by atoms with E-state index in [1.54, 1.807) is 6.07 Å². The Balaban J connectivity index is 1.82. The molecule has 1 saturated heterocycles. The average Bonchev–Trinajstić information content (AvgIpc) is 3.08. The van der Waals surface area contributed by atoms with Gasteiger partial charge in [0.2, 0.25) is 11.8 Å². The molecule has 1 aliphatic heterocycles. The van der Waals surface area contributed by atoms with Crippen molar-refractivity contribution in [2.24, 2.45) is 11.3 Å². The third-order valence-corrected chi connectivity index (χ3v) is 5.94. The smallest absolute Gasteiger partial charge is 0.321 e. The molecule has 0 spiro atoms. The van der Waals surface area contributed by atoms with Gasteiger partial charge in [0.25, 0.3) is 0 Å². The van der Waals surface area contributed by atoms with Crippen LogP contribution in [-0.4, -0.2) is 24.4 Å². The second kappa shape index (κ2) is 8.16. The van der Waals surface area contributed by atoms with Crippen molar-refractivity contribution in [3.63, 3.8) is 0 Å². The number of anilines is 1. The van der Waals surface area contributed by atoms with Crippen LogP contribution in [0.4, 0.5) is 14.9 Å². The van der Waals surface area contributed by atoms with Crippen molar-refractivity contribution < 1.29 is 18.8 Å². The summed E-state index contributed by atoms with van der Waals surface area (Å²) in [5.41, 5.74) is 6.16. The van der Waals surface area contributed by atoms with E-state index in [4.69, 9.17) is 5.73 Å². The molecule has 2 atom stereocenters. The van der Waals surface area contributed by atoms with Gasteiger partial charge in [0.1, 0.15) is 5.82 Å². The molecule has 28 heavy (non-hydrogen) atoms. The third kappa shape index (κ3) is 4.43. The van der Waals surface area contributed by atoms with Crippen molar-refractivity contribution in [3.05, 3.63) is 29.6 Å². The van der Waals surface area contributed by atoms with Gasteiger partial charge in [-0.3, -0.25) is 14.9 Å².